The Balaban J connectivity index is 1.95. The van der Waals surface area contributed by atoms with Crippen LogP contribution in [0.25, 0.3) is 0 Å². The molecule has 27 heavy (non-hydrogen) atoms. The Kier molecular flexibility index (Phi) is 7.15. The predicted octanol–water partition coefficient (Wildman–Crippen LogP) is 3.19. The maximum absolute atomic E-state index is 12.3. The van der Waals surface area contributed by atoms with Gasteiger partial charge < -0.3 is 14.4 Å². The normalized spacial score (nSPS) is 19.2. The first-order valence-electron chi connectivity index (χ1n) is 9.17. The number of carbonyl (C=O) groups excluding carboxylic acids is 2. The van der Waals surface area contributed by atoms with Crippen LogP contribution in [0.3, 0.4) is 0 Å². The fourth-order valence-electron chi connectivity index (χ4n) is 3.21. The number of amides is 1. The van der Waals surface area contributed by atoms with E-state index in [1.54, 1.807) is 18.9 Å². The molecule has 1 aliphatic carbocycles. The van der Waals surface area contributed by atoms with Gasteiger partial charge in [-0.15, -0.1) is 0 Å². The van der Waals surface area contributed by atoms with Gasteiger partial charge in [0, 0.05) is 19.2 Å². The number of esters is 1. The van der Waals surface area contributed by atoms with Crippen LogP contribution < -0.4 is 4.74 Å². The highest BCUT2D eigenvalue weighted by Gasteiger charge is 2.26. The molecule has 0 atom stereocenters. The maximum atomic E-state index is 12.3. The number of rotatable bonds is 7. The van der Waals surface area contributed by atoms with Crippen LogP contribution >= 0.6 is 0 Å². The van der Waals surface area contributed by atoms with E-state index in [9.17, 15) is 19.7 Å². The Bertz CT molecular complexity index is 697. The van der Waals surface area contributed by atoms with Gasteiger partial charge in [0.2, 0.25) is 0 Å². The zero-order valence-corrected chi connectivity index (χ0v) is 16.0. The van der Waals surface area contributed by atoms with Crippen LogP contribution in [-0.4, -0.2) is 48.0 Å². The molecule has 2 rings (SSSR count). The number of benzene rings is 1. The van der Waals surface area contributed by atoms with Crippen molar-refractivity contribution in [1.82, 2.24) is 4.90 Å². The lowest BCUT2D eigenvalue weighted by Gasteiger charge is -2.33. The molecule has 0 spiro atoms. The van der Waals surface area contributed by atoms with E-state index >= 15 is 0 Å². The minimum atomic E-state index is -0.778. The molecule has 1 saturated carbocycles. The zero-order valence-electron chi connectivity index (χ0n) is 16.0. The third-order valence-electron chi connectivity index (χ3n) is 4.94. The number of hydrogen-bond acceptors (Lipinski definition) is 6. The molecule has 0 saturated heterocycles. The summed E-state index contributed by atoms with van der Waals surface area (Å²) in [6, 6.07) is 4.01. The Morgan fingerprint density at radius 1 is 1.26 bits per heavy atom. The van der Waals surface area contributed by atoms with E-state index in [-0.39, 0.29) is 42.2 Å². The molecular formula is C19H26N2O6. The first-order valence-corrected chi connectivity index (χ1v) is 9.17. The standard InChI is InChI=1S/C19H26N2O6/c1-4-26-17-10-7-14(11-16(17)21(24)25)19(23)27-12-18(22)20(3)15-8-5-13(2)6-9-15/h7,10-11,13,15H,4-6,8-9,12H2,1-3H3. The van der Waals surface area contributed by atoms with Gasteiger partial charge in [0.1, 0.15) is 0 Å². The van der Waals surface area contributed by atoms with Crippen molar-refractivity contribution >= 4 is 17.6 Å². The number of nitro groups is 1. The molecular weight excluding hydrogens is 352 g/mol. The first kappa shape index (κ1) is 20.7. The highest BCUT2D eigenvalue weighted by molar-refractivity contribution is 5.92. The molecule has 1 aromatic carbocycles. The molecule has 8 nitrogen and oxygen atoms in total. The fraction of sp³-hybridized carbons (Fsp3) is 0.579. The summed E-state index contributed by atoms with van der Waals surface area (Å²) in [5.74, 6) is -0.289. The van der Waals surface area contributed by atoms with Gasteiger partial charge in [-0.3, -0.25) is 14.9 Å². The van der Waals surface area contributed by atoms with Crippen LogP contribution in [0.4, 0.5) is 5.69 Å². The Hall–Kier alpha value is -2.64. The highest BCUT2D eigenvalue weighted by Crippen LogP contribution is 2.28. The predicted molar refractivity (Wildman–Crippen MR) is 98.7 cm³/mol. The van der Waals surface area contributed by atoms with Gasteiger partial charge in [0.15, 0.2) is 12.4 Å². The van der Waals surface area contributed by atoms with Crippen molar-refractivity contribution in [1.29, 1.82) is 0 Å². The van der Waals surface area contributed by atoms with Crippen LogP contribution in [0, 0.1) is 16.0 Å². The number of carbonyl (C=O) groups is 2. The Morgan fingerprint density at radius 3 is 2.52 bits per heavy atom. The first-order chi connectivity index (χ1) is 12.8. The minimum Gasteiger partial charge on any atom is -0.487 e. The van der Waals surface area contributed by atoms with E-state index in [1.807, 2.05) is 0 Å². The van der Waals surface area contributed by atoms with Gasteiger partial charge in [-0.2, -0.15) is 0 Å². The molecule has 148 valence electrons. The lowest BCUT2D eigenvalue weighted by molar-refractivity contribution is -0.385. The van der Waals surface area contributed by atoms with Crippen molar-refractivity contribution in [2.75, 3.05) is 20.3 Å². The summed E-state index contributed by atoms with van der Waals surface area (Å²) in [5.41, 5.74) is -0.307. The van der Waals surface area contributed by atoms with Crippen molar-refractivity contribution in [2.45, 2.75) is 45.6 Å². The van der Waals surface area contributed by atoms with Crippen molar-refractivity contribution in [3.63, 3.8) is 0 Å². The third-order valence-corrected chi connectivity index (χ3v) is 4.94. The number of nitro benzene ring substituents is 1. The largest absolute Gasteiger partial charge is 0.487 e. The van der Waals surface area contributed by atoms with Crippen LogP contribution in [0.15, 0.2) is 18.2 Å². The van der Waals surface area contributed by atoms with Gasteiger partial charge in [-0.25, -0.2) is 4.79 Å². The molecule has 1 amide bonds. The summed E-state index contributed by atoms with van der Waals surface area (Å²) in [6.45, 7) is 3.80. The van der Waals surface area contributed by atoms with E-state index in [2.05, 4.69) is 6.92 Å². The van der Waals surface area contributed by atoms with E-state index in [0.29, 0.717) is 5.92 Å². The van der Waals surface area contributed by atoms with E-state index in [4.69, 9.17) is 9.47 Å². The molecule has 0 aliphatic heterocycles. The molecule has 0 aromatic heterocycles. The summed E-state index contributed by atoms with van der Waals surface area (Å²) in [4.78, 5) is 36.6. The SMILES string of the molecule is CCOc1ccc(C(=O)OCC(=O)N(C)C2CCC(C)CC2)cc1[N+](=O)[O-]. The molecule has 0 bridgehead atoms. The van der Waals surface area contributed by atoms with Gasteiger partial charge in [0.05, 0.1) is 17.1 Å². The molecule has 1 aromatic rings. The van der Waals surface area contributed by atoms with Crippen LogP contribution in [0.5, 0.6) is 5.75 Å². The third kappa shape index (κ3) is 5.42. The van der Waals surface area contributed by atoms with Crippen molar-refractivity contribution < 1.29 is 24.0 Å². The van der Waals surface area contributed by atoms with E-state index < -0.39 is 10.9 Å². The molecule has 0 unspecified atom stereocenters. The molecule has 8 heteroatoms. The second-order valence-corrected chi connectivity index (χ2v) is 6.87. The number of ether oxygens (including phenoxy) is 2. The topological polar surface area (TPSA) is 99.0 Å². The van der Waals surface area contributed by atoms with Gasteiger partial charge in [-0.05, 0) is 50.7 Å². The maximum Gasteiger partial charge on any atom is 0.338 e. The Morgan fingerprint density at radius 2 is 1.93 bits per heavy atom. The van der Waals surface area contributed by atoms with E-state index in [1.165, 1.54) is 12.1 Å². The average Bonchev–Trinajstić information content (AvgIpc) is 2.66. The molecule has 0 heterocycles. The van der Waals surface area contributed by atoms with E-state index in [0.717, 1.165) is 31.7 Å². The number of likely N-dealkylation sites (N-methyl/N-ethyl adjacent to an activating group) is 1. The number of nitrogens with zero attached hydrogens (tertiary/aromatic N) is 2. The monoisotopic (exact) mass is 378 g/mol. The van der Waals surface area contributed by atoms with Crippen molar-refractivity contribution in [2.24, 2.45) is 5.92 Å². The summed E-state index contributed by atoms with van der Waals surface area (Å²) in [5, 5.41) is 11.1. The van der Waals surface area contributed by atoms with Crippen LogP contribution in [0.2, 0.25) is 0 Å². The molecule has 0 N–H and O–H groups in total. The molecule has 1 fully saturated rings. The summed E-state index contributed by atoms with van der Waals surface area (Å²) in [7, 11) is 1.72. The second kappa shape index (κ2) is 9.34. The zero-order chi connectivity index (χ0) is 20.0. The quantitative estimate of drug-likeness (QED) is 0.410. The smallest absolute Gasteiger partial charge is 0.338 e. The van der Waals surface area contributed by atoms with Gasteiger partial charge in [0.25, 0.3) is 5.91 Å². The average molecular weight is 378 g/mol. The fourth-order valence-corrected chi connectivity index (χ4v) is 3.21. The summed E-state index contributed by atoms with van der Waals surface area (Å²) in [6.07, 6.45) is 4.06. The van der Waals surface area contributed by atoms with Crippen LogP contribution in [-0.2, 0) is 9.53 Å². The Labute approximate surface area is 158 Å². The molecule has 1 aliphatic rings. The van der Waals surface area contributed by atoms with Gasteiger partial charge >= 0.3 is 11.7 Å². The van der Waals surface area contributed by atoms with Crippen molar-refractivity contribution in [3.8, 4) is 5.75 Å². The van der Waals surface area contributed by atoms with Crippen LogP contribution in [0.1, 0.15) is 49.9 Å². The van der Waals surface area contributed by atoms with Gasteiger partial charge in [-0.1, -0.05) is 6.92 Å². The minimum absolute atomic E-state index is 0.00657. The highest BCUT2D eigenvalue weighted by atomic mass is 16.6. The lowest BCUT2D eigenvalue weighted by Crippen LogP contribution is -2.41. The lowest BCUT2D eigenvalue weighted by atomic mass is 9.87. The van der Waals surface area contributed by atoms with Crippen molar-refractivity contribution in [3.05, 3.63) is 33.9 Å². The second-order valence-electron chi connectivity index (χ2n) is 6.87. The molecule has 0 radical (unpaired) electrons. The summed E-state index contributed by atoms with van der Waals surface area (Å²) >= 11 is 0. The number of hydrogen-bond donors (Lipinski definition) is 0. The summed E-state index contributed by atoms with van der Waals surface area (Å²) < 4.78 is 10.2.